The van der Waals surface area contributed by atoms with E-state index in [1.54, 1.807) is 42.5 Å². The number of halogens is 1. The van der Waals surface area contributed by atoms with Gasteiger partial charge < -0.3 is 16.2 Å². The number of rotatable bonds is 3. The molecule has 0 aliphatic carbocycles. The molecule has 2 aromatic carbocycles. The van der Waals surface area contributed by atoms with Crippen LogP contribution in [0.15, 0.2) is 42.5 Å². The molecule has 0 saturated carbocycles. The van der Waals surface area contributed by atoms with Crippen LogP contribution >= 0.6 is 22.6 Å². The van der Waals surface area contributed by atoms with Gasteiger partial charge in [-0.05, 0) is 52.9 Å². The van der Waals surface area contributed by atoms with Gasteiger partial charge in [0.15, 0.2) is 0 Å². The fraction of sp³-hybridized carbons (Fsp3) is 0. The number of ether oxygens (including phenoxy) is 1. The molecule has 0 spiro atoms. The topological polar surface area (TPSA) is 78.3 Å². The first-order valence-electron chi connectivity index (χ1n) is 5.19. The van der Waals surface area contributed by atoms with Crippen molar-refractivity contribution in [1.82, 2.24) is 0 Å². The lowest BCUT2D eigenvalue weighted by atomic mass is 10.2. The number of anilines is 1. The van der Waals surface area contributed by atoms with Gasteiger partial charge in [-0.3, -0.25) is 4.79 Å². The van der Waals surface area contributed by atoms with Crippen molar-refractivity contribution in [2.24, 2.45) is 5.73 Å². The Hall–Kier alpha value is -1.76. The zero-order valence-electron chi connectivity index (χ0n) is 9.39. The molecular weight excluding hydrogens is 343 g/mol. The Balaban J connectivity index is 2.37. The van der Waals surface area contributed by atoms with Crippen LogP contribution in [0.3, 0.4) is 0 Å². The fourth-order valence-electron chi connectivity index (χ4n) is 1.48. The summed E-state index contributed by atoms with van der Waals surface area (Å²) >= 11 is 2.12. The highest BCUT2D eigenvalue weighted by molar-refractivity contribution is 14.1. The van der Waals surface area contributed by atoms with E-state index < -0.39 is 5.91 Å². The van der Waals surface area contributed by atoms with E-state index in [9.17, 15) is 4.79 Å². The number of nitrogen functional groups attached to an aromatic ring is 1. The van der Waals surface area contributed by atoms with Crippen molar-refractivity contribution in [3.8, 4) is 11.5 Å². The first-order valence-corrected chi connectivity index (χ1v) is 6.27. The van der Waals surface area contributed by atoms with Crippen LogP contribution in [0.2, 0.25) is 0 Å². The van der Waals surface area contributed by atoms with Gasteiger partial charge in [-0.25, -0.2) is 0 Å². The second-order valence-corrected chi connectivity index (χ2v) is 4.81. The highest BCUT2D eigenvalue weighted by Gasteiger charge is 2.10. The van der Waals surface area contributed by atoms with E-state index in [0.717, 1.165) is 3.57 Å². The van der Waals surface area contributed by atoms with Gasteiger partial charge in [-0.15, -0.1) is 0 Å². The highest BCUT2D eigenvalue weighted by Crippen LogP contribution is 2.30. The van der Waals surface area contributed by atoms with E-state index in [2.05, 4.69) is 22.6 Å². The first-order chi connectivity index (χ1) is 8.58. The molecule has 0 aromatic heterocycles. The minimum Gasteiger partial charge on any atom is -0.455 e. The summed E-state index contributed by atoms with van der Waals surface area (Å²) in [5.41, 5.74) is 12.0. The largest absolute Gasteiger partial charge is 0.455 e. The minimum atomic E-state index is -0.518. The molecule has 92 valence electrons. The van der Waals surface area contributed by atoms with E-state index in [1.165, 1.54) is 0 Å². The molecular formula is C13H11IN2O2. The summed E-state index contributed by atoms with van der Waals surface area (Å²) in [6, 6.07) is 12.1. The molecule has 4 N–H and O–H groups in total. The van der Waals surface area contributed by atoms with Gasteiger partial charge in [0.25, 0.3) is 5.91 Å². The van der Waals surface area contributed by atoms with E-state index in [-0.39, 0.29) is 0 Å². The van der Waals surface area contributed by atoms with Crippen LogP contribution in [0.25, 0.3) is 0 Å². The minimum absolute atomic E-state index is 0.352. The molecule has 1 amide bonds. The van der Waals surface area contributed by atoms with Gasteiger partial charge in [-0.2, -0.15) is 0 Å². The van der Waals surface area contributed by atoms with Gasteiger partial charge >= 0.3 is 0 Å². The number of amides is 1. The Kier molecular flexibility index (Phi) is 3.71. The number of carbonyl (C=O) groups is 1. The number of hydrogen-bond acceptors (Lipinski definition) is 3. The number of nitrogens with two attached hydrogens (primary N) is 2. The van der Waals surface area contributed by atoms with Crippen LogP contribution in [0, 0.1) is 3.57 Å². The maximum absolute atomic E-state index is 11.3. The third-order valence-corrected chi connectivity index (χ3v) is 3.17. The lowest BCUT2D eigenvalue weighted by Gasteiger charge is -2.10. The van der Waals surface area contributed by atoms with Crippen molar-refractivity contribution in [3.63, 3.8) is 0 Å². The lowest BCUT2D eigenvalue weighted by Crippen LogP contribution is -2.12. The van der Waals surface area contributed by atoms with Crippen molar-refractivity contribution in [2.45, 2.75) is 0 Å². The Morgan fingerprint density at radius 2 is 1.83 bits per heavy atom. The van der Waals surface area contributed by atoms with Gasteiger partial charge in [-0.1, -0.05) is 12.1 Å². The van der Waals surface area contributed by atoms with Crippen LogP contribution in [0.4, 0.5) is 5.69 Å². The quantitative estimate of drug-likeness (QED) is 0.657. The SMILES string of the molecule is NC(=O)c1ccccc1Oc1ccc(N)cc1I. The first kappa shape index (κ1) is 12.7. The third kappa shape index (κ3) is 2.73. The van der Waals surface area contributed by atoms with Gasteiger partial charge in [0.05, 0.1) is 9.13 Å². The molecule has 5 heteroatoms. The third-order valence-electron chi connectivity index (χ3n) is 2.33. The molecule has 2 aromatic rings. The van der Waals surface area contributed by atoms with Crippen LogP contribution in [-0.2, 0) is 0 Å². The molecule has 0 aliphatic heterocycles. The van der Waals surface area contributed by atoms with Crippen molar-refractivity contribution < 1.29 is 9.53 Å². The summed E-state index contributed by atoms with van der Waals surface area (Å²) in [7, 11) is 0. The number of primary amides is 1. The Bertz CT molecular complexity index is 599. The normalized spacial score (nSPS) is 10.1. The smallest absolute Gasteiger partial charge is 0.252 e. The Morgan fingerprint density at radius 3 is 2.50 bits per heavy atom. The number of benzene rings is 2. The summed E-state index contributed by atoms with van der Waals surface area (Å²) < 4.78 is 6.56. The molecule has 0 bridgehead atoms. The molecule has 0 fully saturated rings. The maximum Gasteiger partial charge on any atom is 0.252 e. The second kappa shape index (κ2) is 5.26. The predicted molar refractivity (Wildman–Crippen MR) is 78.6 cm³/mol. The Labute approximate surface area is 118 Å². The monoisotopic (exact) mass is 354 g/mol. The van der Waals surface area contributed by atoms with E-state index >= 15 is 0 Å². The zero-order chi connectivity index (χ0) is 13.1. The number of para-hydroxylation sites is 1. The standard InChI is InChI=1S/C13H11IN2O2/c14-10-7-8(15)5-6-12(10)18-11-4-2-1-3-9(11)13(16)17/h1-7H,15H2,(H2,16,17). The molecule has 0 aliphatic rings. The van der Waals surface area contributed by atoms with Crippen molar-refractivity contribution in [3.05, 3.63) is 51.6 Å². The summed E-state index contributed by atoms with van der Waals surface area (Å²) in [6.07, 6.45) is 0. The molecule has 4 nitrogen and oxygen atoms in total. The van der Waals surface area contributed by atoms with Crippen LogP contribution in [0.1, 0.15) is 10.4 Å². The maximum atomic E-state index is 11.3. The zero-order valence-corrected chi connectivity index (χ0v) is 11.5. The van der Waals surface area contributed by atoms with E-state index in [1.807, 2.05) is 0 Å². The van der Waals surface area contributed by atoms with Crippen LogP contribution in [-0.4, -0.2) is 5.91 Å². The number of hydrogen-bond donors (Lipinski definition) is 2. The molecule has 2 rings (SSSR count). The second-order valence-electron chi connectivity index (χ2n) is 3.65. The van der Waals surface area contributed by atoms with E-state index in [0.29, 0.717) is 22.7 Å². The summed E-state index contributed by atoms with van der Waals surface area (Å²) in [5.74, 6) is 0.558. The lowest BCUT2D eigenvalue weighted by molar-refractivity contribution is 0.0998. The molecule has 0 radical (unpaired) electrons. The molecule has 18 heavy (non-hydrogen) atoms. The van der Waals surface area contributed by atoms with Crippen molar-refractivity contribution in [2.75, 3.05) is 5.73 Å². The van der Waals surface area contributed by atoms with Gasteiger partial charge in [0, 0.05) is 5.69 Å². The van der Waals surface area contributed by atoms with Crippen LogP contribution in [0.5, 0.6) is 11.5 Å². The molecule has 0 heterocycles. The average Bonchev–Trinajstić information content (AvgIpc) is 2.33. The highest BCUT2D eigenvalue weighted by atomic mass is 127. The van der Waals surface area contributed by atoms with Crippen molar-refractivity contribution in [1.29, 1.82) is 0 Å². The van der Waals surface area contributed by atoms with Crippen LogP contribution < -0.4 is 16.2 Å². The van der Waals surface area contributed by atoms with E-state index in [4.69, 9.17) is 16.2 Å². The van der Waals surface area contributed by atoms with Gasteiger partial charge in [0.2, 0.25) is 0 Å². The molecule has 0 unspecified atom stereocenters. The predicted octanol–water partition coefficient (Wildman–Crippen LogP) is 2.76. The Morgan fingerprint density at radius 1 is 1.11 bits per heavy atom. The van der Waals surface area contributed by atoms with Gasteiger partial charge in [0.1, 0.15) is 11.5 Å². The summed E-state index contributed by atoms with van der Waals surface area (Å²) in [4.78, 5) is 11.3. The fourth-order valence-corrected chi connectivity index (χ4v) is 2.13. The van der Waals surface area contributed by atoms with Crippen molar-refractivity contribution >= 4 is 34.2 Å². The average molecular weight is 354 g/mol. The summed E-state index contributed by atoms with van der Waals surface area (Å²) in [6.45, 7) is 0. The molecule has 0 saturated heterocycles. The number of carbonyl (C=O) groups excluding carboxylic acids is 1. The molecule has 0 atom stereocenters. The summed E-state index contributed by atoms with van der Waals surface area (Å²) in [5, 5.41) is 0.